The highest BCUT2D eigenvalue weighted by molar-refractivity contribution is 5.85. The van der Waals surface area contributed by atoms with Crippen LogP contribution in [0.2, 0.25) is 0 Å². The summed E-state index contributed by atoms with van der Waals surface area (Å²) in [6.45, 7) is 7.34. The molecule has 1 saturated heterocycles. The highest BCUT2D eigenvalue weighted by Crippen LogP contribution is 2.28. The van der Waals surface area contributed by atoms with Gasteiger partial charge in [0, 0.05) is 39.4 Å². The first-order valence-electron chi connectivity index (χ1n) is 8.67. The Labute approximate surface area is 133 Å². The van der Waals surface area contributed by atoms with Crippen molar-refractivity contribution >= 4 is 11.9 Å². The van der Waals surface area contributed by atoms with E-state index in [1.54, 1.807) is 0 Å². The van der Waals surface area contributed by atoms with Crippen molar-refractivity contribution in [2.45, 2.75) is 39.0 Å². The third kappa shape index (κ3) is 6.64. The van der Waals surface area contributed by atoms with E-state index >= 15 is 0 Å². The number of hydrogen-bond donors (Lipinski definition) is 2. The van der Waals surface area contributed by atoms with Crippen molar-refractivity contribution < 1.29 is 9.53 Å². The molecule has 0 bridgehead atoms. The van der Waals surface area contributed by atoms with Crippen molar-refractivity contribution in [2.24, 2.45) is 10.9 Å². The van der Waals surface area contributed by atoms with Gasteiger partial charge in [-0.1, -0.05) is 0 Å². The number of guanidine groups is 1. The fraction of sp³-hybridized carbons (Fsp3) is 0.875. The van der Waals surface area contributed by atoms with Crippen LogP contribution < -0.4 is 10.6 Å². The molecule has 0 radical (unpaired) electrons. The minimum atomic E-state index is 0.127. The highest BCUT2D eigenvalue weighted by Gasteiger charge is 2.20. The van der Waals surface area contributed by atoms with Crippen molar-refractivity contribution in [2.75, 3.05) is 45.9 Å². The molecule has 1 aliphatic carbocycles. The van der Waals surface area contributed by atoms with Crippen LogP contribution in [0.3, 0.4) is 0 Å². The molecule has 22 heavy (non-hydrogen) atoms. The van der Waals surface area contributed by atoms with Crippen LogP contribution in [0.5, 0.6) is 0 Å². The second-order valence-corrected chi connectivity index (χ2v) is 6.08. The predicted molar refractivity (Wildman–Crippen MR) is 88.0 cm³/mol. The van der Waals surface area contributed by atoms with Crippen molar-refractivity contribution in [1.82, 2.24) is 15.5 Å². The maximum Gasteiger partial charge on any atom is 0.244 e. The zero-order valence-corrected chi connectivity index (χ0v) is 13.8. The molecule has 2 aliphatic rings. The first-order chi connectivity index (χ1) is 10.8. The third-order valence-electron chi connectivity index (χ3n) is 3.98. The van der Waals surface area contributed by atoms with Gasteiger partial charge in [0.25, 0.3) is 0 Å². The fourth-order valence-corrected chi connectivity index (χ4v) is 2.47. The summed E-state index contributed by atoms with van der Waals surface area (Å²) in [5, 5.41) is 6.43. The lowest BCUT2D eigenvalue weighted by Gasteiger charge is -2.15. The minimum Gasteiger partial charge on any atom is -0.381 e. The Morgan fingerprint density at radius 3 is 2.73 bits per heavy atom. The molecular formula is C16H30N4O2. The second kappa shape index (κ2) is 9.66. The van der Waals surface area contributed by atoms with E-state index in [9.17, 15) is 4.79 Å². The fourth-order valence-electron chi connectivity index (χ4n) is 2.47. The van der Waals surface area contributed by atoms with Crippen LogP contribution >= 0.6 is 0 Å². The van der Waals surface area contributed by atoms with Gasteiger partial charge in [-0.05, 0) is 44.9 Å². The molecule has 0 aromatic heterocycles. The van der Waals surface area contributed by atoms with E-state index in [4.69, 9.17) is 4.74 Å². The van der Waals surface area contributed by atoms with Gasteiger partial charge in [0.2, 0.25) is 5.91 Å². The number of carbonyl (C=O) groups excluding carboxylic acids is 1. The summed E-state index contributed by atoms with van der Waals surface area (Å²) in [5.74, 6) is 1.67. The van der Waals surface area contributed by atoms with E-state index < -0.39 is 0 Å². The molecule has 1 saturated carbocycles. The lowest BCUT2D eigenvalue weighted by molar-refractivity contribution is -0.128. The summed E-state index contributed by atoms with van der Waals surface area (Å²) >= 11 is 0. The van der Waals surface area contributed by atoms with E-state index in [1.165, 1.54) is 12.8 Å². The monoisotopic (exact) mass is 310 g/mol. The Kier molecular flexibility index (Phi) is 7.49. The molecule has 6 heteroatoms. The summed E-state index contributed by atoms with van der Waals surface area (Å²) in [4.78, 5) is 18.3. The first-order valence-corrected chi connectivity index (χ1v) is 8.67. The Morgan fingerprint density at radius 1 is 1.27 bits per heavy atom. The maximum atomic E-state index is 12.0. The zero-order valence-electron chi connectivity index (χ0n) is 13.8. The van der Waals surface area contributed by atoms with E-state index in [1.807, 2.05) is 11.8 Å². The Bertz CT molecular complexity index is 363. The van der Waals surface area contributed by atoms with Crippen LogP contribution in [0.1, 0.15) is 39.0 Å². The molecule has 126 valence electrons. The number of carbonyl (C=O) groups is 1. The van der Waals surface area contributed by atoms with Gasteiger partial charge in [-0.25, -0.2) is 4.99 Å². The molecular weight excluding hydrogens is 280 g/mol. The van der Waals surface area contributed by atoms with Crippen molar-refractivity contribution in [3.8, 4) is 0 Å². The number of hydrogen-bond acceptors (Lipinski definition) is 3. The third-order valence-corrected chi connectivity index (χ3v) is 3.98. The van der Waals surface area contributed by atoms with Gasteiger partial charge in [-0.3, -0.25) is 4.79 Å². The quantitative estimate of drug-likeness (QED) is 0.378. The van der Waals surface area contributed by atoms with Gasteiger partial charge in [0.15, 0.2) is 5.96 Å². The molecule has 0 aromatic carbocycles. The summed E-state index contributed by atoms with van der Waals surface area (Å²) < 4.78 is 5.60. The summed E-state index contributed by atoms with van der Waals surface area (Å²) in [6, 6.07) is 0. The summed E-state index contributed by atoms with van der Waals surface area (Å²) in [7, 11) is 0. The Hall–Kier alpha value is -1.30. The number of ether oxygens (including phenoxy) is 1. The average Bonchev–Trinajstić information content (AvgIpc) is 3.18. The van der Waals surface area contributed by atoms with Crippen LogP contribution in [-0.2, 0) is 9.53 Å². The van der Waals surface area contributed by atoms with Gasteiger partial charge >= 0.3 is 0 Å². The molecule has 1 heterocycles. The molecule has 1 aliphatic heterocycles. The van der Waals surface area contributed by atoms with Gasteiger partial charge in [-0.2, -0.15) is 0 Å². The average molecular weight is 310 g/mol. The first kappa shape index (κ1) is 17.1. The standard InChI is InChI=1S/C16H30N4O2/c1-2-17-16(18-8-5-11-22-13-14-6-7-14)19-12-15(21)20-9-3-4-10-20/h14H,2-13H2,1H3,(H2,17,18,19). The molecule has 2 rings (SSSR count). The normalized spacial score (nSPS) is 18.6. The molecule has 2 fully saturated rings. The summed E-state index contributed by atoms with van der Waals surface area (Å²) in [5.41, 5.74) is 0. The number of nitrogens with zero attached hydrogens (tertiary/aromatic N) is 2. The second-order valence-electron chi connectivity index (χ2n) is 6.08. The molecule has 0 unspecified atom stereocenters. The van der Waals surface area contributed by atoms with Crippen LogP contribution in [0.15, 0.2) is 4.99 Å². The van der Waals surface area contributed by atoms with Crippen molar-refractivity contribution in [3.63, 3.8) is 0 Å². The number of amides is 1. The number of nitrogens with one attached hydrogen (secondary N) is 2. The highest BCUT2D eigenvalue weighted by atomic mass is 16.5. The van der Waals surface area contributed by atoms with Crippen LogP contribution in [0.4, 0.5) is 0 Å². The van der Waals surface area contributed by atoms with E-state index in [0.29, 0.717) is 0 Å². The largest absolute Gasteiger partial charge is 0.381 e. The van der Waals surface area contributed by atoms with E-state index in [2.05, 4.69) is 15.6 Å². The Morgan fingerprint density at radius 2 is 2.05 bits per heavy atom. The smallest absolute Gasteiger partial charge is 0.244 e. The number of likely N-dealkylation sites (tertiary alicyclic amines) is 1. The topological polar surface area (TPSA) is 66.0 Å². The maximum absolute atomic E-state index is 12.0. The van der Waals surface area contributed by atoms with Crippen molar-refractivity contribution in [3.05, 3.63) is 0 Å². The van der Waals surface area contributed by atoms with Crippen LogP contribution in [-0.4, -0.2) is 62.7 Å². The zero-order chi connectivity index (χ0) is 15.6. The lowest BCUT2D eigenvalue weighted by atomic mass is 10.4. The minimum absolute atomic E-state index is 0.127. The molecule has 0 spiro atoms. The number of aliphatic imine (C=N–C) groups is 1. The van der Waals surface area contributed by atoms with Gasteiger partial charge in [0.05, 0.1) is 0 Å². The van der Waals surface area contributed by atoms with Gasteiger partial charge in [-0.15, -0.1) is 0 Å². The van der Waals surface area contributed by atoms with Crippen LogP contribution in [0.25, 0.3) is 0 Å². The van der Waals surface area contributed by atoms with E-state index in [-0.39, 0.29) is 12.5 Å². The van der Waals surface area contributed by atoms with Crippen LogP contribution in [0, 0.1) is 5.92 Å². The van der Waals surface area contributed by atoms with Crippen molar-refractivity contribution in [1.29, 1.82) is 0 Å². The lowest BCUT2D eigenvalue weighted by Crippen LogP contribution is -2.39. The molecule has 0 atom stereocenters. The molecule has 1 amide bonds. The number of rotatable bonds is 9. The molecule has 2 N–H and O–H groups in total. The SMILES string of the molecule is CCNC(=NCC(=O)N1CCCC1)NCCCOCC1CC1. The van der Waals surface area contributed by atoms with E-state index in [0.717, 1.165) is 70.5 Å². The van der Waals surface area contributed by atoms with Gasteiger partial charge in [0.1, 0.15) is 6.54 Å². The van der Waals surface area contributed by atoms with Gasteiger partial charge < -0.3 is 20.3 Å². The molecule has 0 aromatic rings. The Balaban J connectivity index is 1.59. The predicted octanol–water partition coefficient (Wildman–Crippen LogP) is 0.981. The summed E-state index contributed by atoms with van der Waals surface area (Å²) in [6.07, 6.45) is 5.86. The molecule has 6 nitrogen and oxygen atoms in total.